The number of hydrogen-bond acceptors (Lipinski definition) is 5. The lowest BCUT2D eigenvalue weighted by Gasteiger charge is -2.36. The van der Waals surface area contributed by atoms with Crippen molar-refractivity contribution < 1.29 is 10.0 Å². The maximum atomic E-state index is 11.2. The topological polar surface area (TPSA) is 69.8 Å². The van der Waals surface area contributed by atoms with E-state index in [4.69, 9.17) is 5.11 Å². The Kier molecular flexibility index (Phi) is 5.14. The highest BCUT2D eigenvalue weighted by molar-refractivity contribution is 5.64. The van der Waals surface area contributed by atoms with Gasteiger partial charge in [0.1, 0.15) is 5.69 Å². The predicted octanol–water partition coefficient (Wildman–Crippen LogP) is 1.87. The maximum absolute atomic E-state index is 11.2. The molecule has 1 heterocycles. The quantitative estimate of drug-likeness (QED) is 0.663. The molecule has 2 rings (SSSR count). The highest BCUT2D eigenvalue weighted by Gasteiger charge is 2.24. The zero-order chi connectivity index (χ0) is 15.4. The molecule has 0 bridgehead atoms. The molecule has 0 saturated carbocycles. The van der Waals surface area contributed by atoms with Crippen molar-refractivity contribution >= 4 is 11.4 Å². The second-order valence-electron chi connectivity index (χ2n) is 5.92. The standard InChI is InChI=1S/C15H23N3O3/c1-12(2)10-16-5-7-17(8-6-16)14-4-3-13(11-19)9-15(14)18(20)21/h3-4,9,12,19H,5-8,10-11H2,1-2H3. The molecule has 1 saturated heterocycles. The van der Waals surface area contributed by atoms with Gasteiger partial charge in [0.25, 0.3) is 5.69 Å². The zero-order valence-electron chi connectivity index (χ0n) is 12.7. The summed E-state index contributed by atoms with van der Waals surface area (Å²) in [6.07, 6.45) is 0. The van der Waals surface area contributed by atoms with Crippen LogP contribution in [0.3, 0.4) is 0 Å². The molecule has 1 aromatic carbocycles. The van der Waals surface area contributed by atoms with Gasteiger partial charge in [0.05, 0.1) is 11.5 Å². The largest absolute Gasteiger partial charge is 0.392 e. The minimum atomic E-state index is -0.366. The van der Waals surface area contributed by atoms with E-state index >= 15 is 0 Å². The van der Waals surface area contributed by atoms with Crippen molar-refractivity contribution in [3.8, 4) is 0 Å². The number of nitro benzene ring substituents is 1. The monoisotopic (exact) mass is 293 g/mol. The lowest BCUT2D eigenvalue weighted by atomic mass is 10.1. The van der Waals surface area contributed by atoms with Crippen LogP contribution in [-0.2, 0) is 6.61 Å². The fraction of sp³-hybridized carbons (Fsp3) is 0.600. The van der Waals surface area contributed by atoms with Gasteiger partial charge >= 0.3 is 0 Å². The normalized spacial score (nSPS) is 16.5. The van der Waals surface area contributed by atoms with Crippen molar-refractivity contribution in [3.63, 3.8) is 0 Å². The fourth-order valence-electron chi connectivity index (χ4n) is 2.77. The summed E-state index contributed by atoms with van der Waals surface area (Å²) in [7, 11) is 0. The number of piperazine rings is 1. The Morgan fingerprint density at radius 3 is 2.48 bits per heavy atom. The molecule has 1 aliphatic rings. The summed E-state index contributed by atoms with van der Waals surface area (Å²) >= 11 is 0. The molecule has 0 radical (unpaired) electrons. The minimum Gasteiger partial charge on any atom is -0.392 e. The van der Waals surface area contributed by atoms with Gasteiger partial charge in [-0.1, -0.05) is 19.9 Å². The van der Waals surface area contributed by atoms with E-state index in [0.29, 0.717) is 17.2 Å². The minimum absolute atomic E-state index is 0.0823. The van der Waals surface area contributed by atoms with E-state index < -0.39 is 0 Å². The van der Waals surface area contributed by atoms with Crippen LogP contribution in [0.5, 0.6) is 0 Å². The summed E-state index contributed by atoms with van der Waals surface area (Å²) in [6.45, 7) is 8.74. The van der Waals surface area contributed by atoms with Crippen molar-refractivity contribution in [2.45, 2.75) is 20.5 Å². The third kappa shape index (κ3) is 3.92. The van der Waals surface area contributed by atoms with Gasteiger partial charge in [-0.05, 0) is 17.5 Å². The van der Waals surface area contributed by atoms with E-state index in [2.05, 4.69) is 23.6 Å². The van der Waals surface area contributed by atoms with Gasteiger partial charge in [-0.3, -0.25) is 15.0 Å². The first-order valence-corrected chi connectivity index (χ1v) is 7.36. The molecule has 0 aliphatic carbocycles. The number of nitrogens with zero attached hydrogens (tertiary/aromatic N) is 3. The van der Waals surface area contributed by atoms with Gasteiger partial charge in [-0.2, -0.15) is 0 Å². The highest BCUT2D eigenvalue weighted by Crippen LogP contribution is 2.30. The van der Waals surface area contributed by atoms with Crippen molar-refractivity contribution in [2.24, 2.45) is 5.92 Å². The average molecular weight is 293 g/mol. The van der Waals surface area contributed by atoms with Gasteiger partial charge in [0.2, 0.25) is 0 Å². The molecule has 6 heteroatoms. The van der Waals surface area contributed by atoms with Crippen LogP contribution in [0.25, 0.3) is 0 Å². The molecule has 1 aliphatic heterocycles. The van der Waals surface area contributed by atoms with Crippen LogP contribution in [0.15, 0.2) is 18.2 Å². The molecule has 0 unspecified atom stereocenters. The molecule has 1 N–H and O–H groups in total. The summed E-state index contributed by atoms with van der Waals surface area (Å²) in [5.74, 6) is 0.634. The summed E-state index contributed by atoms with van der Waals surface area (Å²) in [4.78, 5) is 15.3. The smallest absolute Gasteiger partial charge is 0.292 e. The SMILES string of the molecule is CC(C)CN1CCN(c2ccc(CO)cc2[N+](=O)[O-])CC1. The molecule has 0 atom stereocenters. The molecular weight excluding hydrogens is 270 g/mol. The zero-order valence-corrected chi connectivity index (χ0v) is 12.7. The lowest BCUT2D eigenvalue weighted by molar-refractivity contribution is -0.384. The molecule has 116 valence electrons. The van der Waals surface area contributed by atoms with E-state index in [1.807, 2.05) is 0 Å². The molecule has 0 aromatic heterocycles. The molecule has 0 amide bonds. The van der Waals surface area contributed by atoms with E-state index in [0.717, 1.165) is 32.7 Å². The summed E-state index contributed by atoms with van der Waals surface area (Å²) in [5.41, 5.74) is 1.31. The van der Waals surface area contributed by atoms with Gasteiger partial charge in [-0.25, -0.2) is 0 Å². The first-order chi connectivity index (χ1) is 10.0. The second kappa shape index (κ2) is 6.87. The Bertz CT molecular complexity index is 497. The number of anilines is 1. The van der Waals surface area contributed by atoms with Crippen molar-refractivity contribution in [2.75, 3.05) is 37.6 Å². The predicted molar refractivity (Wildman–Crippen MR) is 82.5 cm³/mol. The molecular formula is C15H23N3O3. The molecule has 1 fully saturated rings. The van der Waals surface area contributed by atoms with Crippen molar-refractivity contribution in [3.05, 3.63) is 33.9 Å². The number of aliphatic hydroxyl groups excluding tert-OH is 1. The first-order valence-electron chi connectivity index (χ1n) is 7.36. The Morgan fingerprint density at radius 1 is 1.29 bits per heavy atom. The summed E-state index contributed by atoms with van der Waals surface area (Å²) in [6, 6.07) is 4.97. The molecule has 6 nitrogen and oxygen atoms in total. The fourth-order valence-corrected chi connectivity index (χ4v) is 2.77. The van der Waals surface area contributed by atoms with Crippen LogP contribution in [0.4, 0.5) is 11.4 Å². The number of hydrogen-bond donors (Lipinski definition) is 1. The van der Waals surface area contributed by atoms with Crippen LogP contribution in [0, 0.1) is 16.0 Å². The van der Waals surface area contributed by atoms with Crippen LogP contribution < -0.4 is 4.90 Å². The van der Waals surface area contributed by atoms with E-state index in [-0.39, 0.29) is 17.2 Å². The number of benzene rings is 1. The summed E-state index contributed by atoms with van der Waals surface area (Å²) in [5, 5.41) is 20.4. The summed E-state index contributed by atoms with van der Waals surface area (Å²) < 4.78 is 0. The van der Waals surface area contributed by atoms with Crippen LogP contribution in [0.1, 0.15) is 19.4 Å². The van der Waals surface area contributed by atoms with Crippen molar-refractivity contribution in [1.29, 1.82) is 0 Å². The van der Waals surface area contributed by atoms with E-state index in [1.54, 1.807) is 12.1 Å². The number of aliphatic hydroxyl groups is 1. The van der Waals surface area contributed by atoms with Crippen molar-refractivity contribution in [1.82, 2.24) is 4.90 Å². The van der Waals surface area contributed by atoms with Gasteiger partial charge in [0, 0.05) is 38.8 Å². The Balaban J connectivity index is 2.11. The number of nitro groups is 1. The average Bonchev–Trinajstić information content (AvgIpc) is 2.47. The second-order valence-corrected chi connectivity index (χ2v) is 5.92. The first kappa shape index (κ1) is 15.7. The third-order valence-corrected chi connectivity index (χ3v) is 3.76. The van der Waals surface area contributed by atoms with E-state index in [9.17, 15) is 10.1 Å². The van der Waals surface area contributed by atoms with Gasteiger partial charge < -0.3 is 10.0 Å². The Hall–Kier alpha value is -1.66. The molecule has 1 aromatic rings. The Labute approximate surface area is 125 Å². The lowest BCUT2D eigenvalue weighted by Crippen LogP contribution is -2.47. The molecule has 0 spiro atoms. The number of rotatable bonds is 5. The third-order valence-electron chi connectivity index (χ3n) is 3.76. The van der Waals surface area contributed by atoms with Gasteiger partial charge in [0.15, 0.2) is 0 Å². The van der Waals surface area contributed by atoms with Crippen LogP contribution >= 0.6 is 0 Å². The highest BCUT2D eigenvalue weighted by atomic mass is 16.6. The molecule has 21 heavy (non-hydrogen) atoms. The maximum Gasteiger partial charge on any atom is 0.292 e. The van der Waals surface area contributed by atoms with Crippen LogP contribution in [-0.4, -0.2) is 47.7 Å². The Morgan fingerprint density at radius 2 is 1.95 bits per heavy atom. The van der Waals surface area contributed by atoms with Crippen LogP contribution in [0.2, 0.25) is 0 Å². The van der Waals surface area contributed by atoms with E-state index in [1.165, 1.54) is 6.07 Å². The van der Waals surface area contributed by atoms with Gasteiger partial charge in [-0.15, -0.1) is 0 Å².